The lowest BCUT2D eigenvalue weighted by Gasteiger charge is -2.22. The molecule has 4 nitrogen and oxygen atoms in total. The Balaban J connectivity index is 2.01. The van der Waals surface area contributed by atoms with Crippen molar-refractivity contribution >= 4 is 16.7 Å². The fourth-order valence-electron chi connectivity index (χ4n) is 2.16. The van der Waals surface area contributed by atoms with E-state index in [0.717, 1.165) is 19.3 Å². The van der Waals surface area contributed by atoms with Crippen molar-refractivity contribution in [3.63, 3.8) is 0 Å². The van der Waals surface area contributed by atoms with Gasteiger partial charge in [0, 0.05) is 29.4 Å². The van der Waals surface area contributed by atoms with Gasteiger partial charge in [0.15, 0.2) is 0 Å². The minimum atomic E-state index is -0.819. The van der Waals surface area contributed by atoms with Gasteiger partial charge in [0.1, 0.15) is 0 Å². The lowest BCUT2D eigenvalue weighted by molar-refractivity contribution is -0.130. The fraction of sp³-hybridized carbons (Fsp3) is 0.900. The molecule has 1 amide bonds. The molecule has 0 aromatic heterocycles. The van der Waals surface area contributed by atoms with Crippen molar-refractivity contribution in [2.75, 3.05) is 18.6 Å². The van der Waals surface area contributed by atoms with Crippen molar-refractivity contribution in [3.8, 4) is 0 Å². The van der Waals surface area contributed by atoms with Crippen LogP contribution in [0.25, 0.3) is 0 Å². The minimum absolute atomic E-state index is 0.156. The molecule has 1 saturated carbocycles. The summed E-state index contributed by atoms with van der Waals surface area (Å²) in [5.41, 5.74) is -0.226. The van der Waals surface area contributed by atoms with Crippen LogP contribution in [0.1, 0.15) is 26.2 Å². The van der Waals surface area contributed by atoms with Gasteiger partial charge in [-0.2, -0.15) is 0 Å². The van der Waals surface area contributed by atoms with Crippen LogP contribution >= 0.6 is 0 Å². The molecule has 0 radical (unpaired) electrons. The van der Waals surface area contributed by atoms with Crippen LogP contribution < -0.4 is 5.32 Å². The van der Waals surface area contributed by atoms with Crippen LogP contribution in [-0.4, -0.2) is 45.3 Å². The van der Waals surface area contributed by atoms with Gasteiger partial charge >= 0.3 is 0 Å². The van der Waals surface area contributed by atoms with Crippen molar-refractivity contribution in [2.45, 2.75) is 37.9 Å². The lowest BCUT2D eigenvalue weighted by atomic mass is 10.3. The summed E-state index contributed by atoms with van der Waals surface area (Å²) in [5, 5.41) is 3.39. The zero-order valence-corrected chi connectivity index (χ0v) is 10.1. The Bertz CT molecular complexity index is 302. The molecule has 1 heterocycles. The van der Waals surface area contributed by atoms with Crippen LogP contribution in [0.3, 0.4) is 0 Å². The first-order chi connectivity index (χ1) is 7.09. The number of carbonyl (C=O) groups excluding carboxylic acids is 1. The Morgan fingerprint density at radius 1 is 1.60 bits per heavy atom. The van der Waals surface area contributed by atoms with Gasteiger partial charge in [-0.25, -0.2) is 0 Å². The lowest BCUT2D eigenvalue weighted by Crippen LogP contribution is -2.39. The maximum absolute atomic E-state index is 12.0. The van der Waals surface area contributed by atoms with E-state index >= 15 is 0 Å². The Hall–Kier alpha value is -0.420. The van der Waals surface area contributed by atoms with Crippen molar-refractivity contribution in [2.24, 2.45) is 0 Å². The summed E-state index contributed by atoms with van der Waals surface area (Å²) in [6.07, 6.45) is 4.69. The maximum atomic E-state index is 12.0. The summed E-state index contributed by atoms with van der Waals surface area (Å²) < 4.78 is 11.0. The Labute approximate surface area is 92.9 Å². The molecule has 1 aliphatic carbocycles. The van der Waals surface area contributed by atoms with Crippen LogP contribution in [0.15, 0.2) is 0 Å². The number of hydrogen-bond donors (Lipinski definition) is 1. The molecule has 2 rings (SSSR count). The van der Waals surface area contributed by atoms with E-state index in [1.165, 1.54) is 0 Å². The van der Waals surface area contributed by atoms with Gasteiger partial charge in [0.2, 0.25) is 5.91 Å². The molecule has 2 fully saturated rings. The van der Waals surface area contributed by atoms with Crippen LogP contribution in [-0.2, 0) is 15.6 Å². The Kier molecular flexibility index (Phi) is 2.85. The van der Waals surface area contributed by atoms with E-state index in [2.05, 4.69) is 12.2 Å². The highest BCUT2D eigenvalue weighted by Crippen LogP contribution is 2.42. The highest BCUT2D eigenvalue weighted by molar-refractivity contribution is 7.84. The van der Waals surface area contributed by atoms with Crippen molar-refractivity contribution < 1.29 is 9.00 Å². The van der Waals surface area contributed by atoms with E-state index in [1.54, 1.807) is 6.26 Å². The van der Waals surface area contributed by atoms with Gasteiger partial charge in [0.25, 0.3) is 0 Å². The van der Waals surface area contributed by atoms with E-state index in [0.29, 0.717) is 12.3 Å². The Morgan fingerprint density at radius 2 is 2.27 bits per heavy atom. The number of rotatable bonds is 4. The minimum Gasteiger partial charge on any atom is -0.325 e. The molecule has 1 saturated heterocycles. The summed E-state index contributed by atoms with van der Waals surface area (Å²) in [5.74, 6) is 0.805. The standard InChI is InChI=1S/C10H18N2O2S/c1-3-8-11-10(4-5-10)9(13)12(8)6-7-15(2)14/h8,11H,3-7H2,1-2H3. The number of nitrogens with one attached hydrogen (secondary N) is 1. The SMILES string of the molecule is CCC1NC2(CC2)C(=O)N1CCS(C)=O. The molecule has 0 bridgehead atoms. The van der Waals surface area contributed by atoms with Crippen molar-refractivity contribution in [1.29, 1.82) is 0 Å². The molecular formula is C10H18N2O2S. The summed E-state index contributed by atoms with van der Waals surface area (Å²) >= 11 is 0. The highest BCUT2D eigenvalue weighted by Gasteiger charge is 2.58. The smallest absolute Gasteiger partial charge is 0.244 e. The van der Waals surface area contributed by atoms with Crippen LogP contribution in [0.4, 0.5) is 0 Å². The molecule has 1 spiro atoms. The van der Waals surface area contributed by atoms with E-state index in [4.69, 9.17) is 0 Å². The molecule has 2 aliphatic rings. The summed E-state index contributed by atoms with van der Waals surface area (Å²) in [7, 11) is -0.819. The molecule has 2 atom stereocenters. The van der Waals surface area contributed by atoms with Crippen LogP contribution in [0.2, 0.25) is 0 Å². The van der Waals surface area contributed by atoms with Crippen molar-refractivity contribution in [3.05, 3.63) is 0 Å². The first kappa shape index (κ1) is 11.1. The molecule has 15 heavy (non-hydrogen) atoms. The van der Waals surface area contributed by atoms with Gasteiger partial charge in [-0.05, 0) is 19.3 Å². The zero-order chi connectivity index (χ0) is 11.1. The highest BCUT2D eigenvalue weighted by atomic mass is 32.2. The summed E-state index contributed by atoms with van der Waals surface area (Å²) in [6, 6.07) is 0. The largest absolute Gasteiger partial charge is 0.325 e. The number of amides is 1. The van der Waals surface area contributed by atoms with Gasteiger partial charge in [-0.15, -0.1) is 0 Å². The fourth-order valence-corrected chi connectivity index (χ4v) is 2.62. The van der Waals surface area contributed by atoms with Crippen LogP contribution in [0, 0.1) is 0 Å². The van der Waals surface area contributed by atoms with E-state index in [1.807, 2.05) is 4.90 Å². The van der Waals surface area contributed by atoms with Gasteiger partial charge in [0.05, 0.1) is 11.7 Å². The second-order valence-electron chi connectivity index (χ2n) is 4.43. The average molecular weight is 230 g/mol. The first-order valence-corrected chi connectivity index (χ1v) is 7.20. The van der Waals surface area contributed by atoms with E-state index < -0.39 is 10.8 Å². The number of nitrogens with zero attached hydrogens (tertiary/aromatic N) is 1. The van der Waals surface area contributed by atoms with Gasteiger partial charge in [-0.1, -0.05) is 6.92 Å². The molecule has 1 N–H and O–H groups in total. The normalized spacial score (nSPS) is 29.9. The first-order valence-electron chi connectivity index (χ1n) is 5.48. The second-order valence-corrected chi connectivity index (χ2v) is 5.98. The number of carbonyl (C=O) groups is 1. The summed E-state index contributed by atoms with van der Waals surface area (Å²) in [4.78, 5) is 13.9. The molecular weight excluding hydrogens is 212 g/mol. The molecule has 0 aromatic carbocycles. The third-order valence-corrected chi connectivity index (χ3v) is 4.00. The predicted octanol–water partition coefficient (Wildman–Crippen LogP) is 0.0654. The van der Waals surface area contributed by atoms with Gasteiger partial charge < -0.3 is 4.90 Å². The third kappa shape index (κ3) is 1.95. The molecule has 86 valence electrons. The van der Waals surface area contributed by atoms with Gasteiger partial charge in [-0.3, -0.25) is 14.3 Å². The second kappa shape index (κ2) is 3.87. The maximum Gasteiger partial charge on any atom is 0.244 e. The molecule has 5 heteroatoms. The van der Waals surface area contributed by atoms with E-state index in [-0.39, 0.29) is 17.6 Å². The predicted molar refractivity (Wildman–Crippen MR) is 59.8 cm³/mol. The molecule has 1 aliphatic heterocycles. The summed E-state index contributed by atoms with van der Waals surface area (Å²) in [6.45, 7) is 2.69. The molecule has 2 unspecified atom stereocenters. The quantitative estimate of drug-likeness (QED) is 0.743. The average Bonchev–Trinajstić information content (AvgIpc) is 2.90. The van der Waals surface area contributed by atoms with Crippen LogP contribution in [0.5, 0.6) is 0 Å². The topological polar surface area (TPSA) is 49.4 Å². The molecule has 0 aromatic rings. The third-order valence-electron chi connectivity index (χ3n) is 3.25. The zero-order valence-electron chi connectivity index (χ0n) is 9.28. The van der Waals surface area contributed by atoms with E-state index in [9.17, 15) is 9.00 Å². The van der Waals surface area contributed by atoms with Crippen molar-refractivity contribution in [1.82, 2.24) is 10.2 Å². The monoisotopic (exact) mass is 230 g/mol. The number of hydrogen-bond acceptors (Lipinski definition) is 3. The Morgan fingerprint density at radius 3 is 2.73 bits per heavy atom.